The second kappa shape index (κ2) is 2.80. The monoisotopic (exact) mass is 285 g/mol. The summed E-state index contributed by atoms with van der Waals surface area (Å²) in [6, 6.07) is 0. The average Bonchev–Trinajstić information content (AvgIpc) is 2.42. The van der Waals surface area contributed by atoms with Crippen LogP contribution in [0.25, 0.3) is 0 Å². The van der Waals surface area contributed by atoms with E-state index in [9.17, 15) is 4.39 Å². The van der Waals surface area contributed by atoms with Crippen molar-refractivity contribution >= 4 is 19.8 Å². The van der Waals surface area contributed by atoms with Crippen LogP contribution in [0.4, 0.5) is 4.39 Å². The Hall–Kier alpha value is 0.620. The first-order valence-corrected chi connectivity index (χ1v) is 8.53. The van der Waals surface area contributed by atoms with E-state index in [1.54, 1.807) is 13.8 Å². The van der Waals surface area contributed by atoms with Gasteiger partial charge < -0.3 is 0 Å². The summed E-state index contributed by atoms with van der Waals surface area (Å²) < 4.78 is 16.7. The van der Waals surface area contributed by atoms with E-state index in [1.807, 2.05) is 0 Å². The first-order valence-electron chi connectivity index (χ1n) is 4.51. The van der Waals surface area contributed by atoms with Crippen LogP contribution >= 0.6 is 19.8 Å². The van der Waals surface area contributed by atoms with Crippen LogP contribution in [0.3, 0.4) is 0 Å². The van der Waals surface area contributed by atoms with Crippen molar-refractivity contribution in [2.24, 2.45) is 0 Å². The fraction of sp³-hybridized carbons (Fsp3) is 1.00. The summed E-state index contributed by atoms with van der Waals surface area (Å²) in [5.41, 5.74) is -0.989. The van der Waals surface area contributed by atoms with Crippen molar-refractivity contribution in [1.29, 1.82) is 0 Å². The molecule has 0 N–H and O–H groups in total. The standard InChI is InChI=1S/C9H17FIN/c1-7-8-4-12(6-11(7)8)5-9(2,3)10/h7-8H,4-6H2,1-3H3/t7-,8?/m0/s1. The third kappa shape index (κ3) is 1.76. The topological polar surface area (TPSA) is 3.24 Å². The second-order valence-electron chi connectivity index (χ2n) is 4.48. The van der Waals surface area contributed by atoms with Gasteiger partial charge in [0, 0.05) is 0 Å². The molecule has 2 saturated heterocycles. The Morgan fingerprint density at radius 1 is 1.58 bits per heavy atom. The number of hydrogen-bond donors (Lipinski definition) is 0. The summed E-state index contributed by atoms with van der Waals surface area (Å²) in [5.74, 6) is 0. The zero-order valence-electron chi connectivity index (χ0n) is 7.98. The van der Waals surface area contributed by atoms with Gasteiger partial charge in [0.1, 0.15) is 0 Å². The van der Waals surface area contributed by atoms with Crippen molar-refractivity contribution < 1.29 is 4.39 Å². The van der Waals surface area contributed by atoms with Crippen LogP contribution in [0.15, 0.2) is 0 Å². The van der Waals surface area contributed by atoms with Crippen LogP contribution in [-0.2, 0) is 0 Å². The number of rotatable bonds is 2. The van der Waals surface area contributed by atoms with Gasteiger partial charge in [0.15, 0.2) is 0 Å². The molecule has 0 spiro atoms. The molecule has 0 aliphatic carbocycles. The van der Waals surface area contributed by atoms with Gasteiger partial charge in [-0.1, -0.05) is 0 Å². The Morgan fingerprint density at radius 2 is 2.25 bits per heavy atom. The van der Waals surface area contributed by atoms with E-state index in [1.165, 1.54) is 11.1 Å². The van der Waals surface area contributed by atoms with Crippen LogP contribution in [0.2, 0.25) is 0 Å². The molecule has 0 saturated carbocycles. The van der Waals surface area contributed by atoms with E-state index >= 15 is 0 Å². The van der Waals surface area contributed by atoms with Gasteiger partial charge >= 0.3 is 81.0 Å². The van der Waals surface area contributed by atoms with Gasteiger partial charge in [0.25, 0.3) is 0 Å². The molecule has 0 aromatic carbocycles. The Kier molecular flexibility index (Phi) is 2.15. The summed E-state index contributed by atoms with van der Waals surface area (Å²) >= 11 is -0.526. The quantitative estimate of drug-likeness (QED) is 0.427. The third-order valence-electron chi connectivity index (χ3n) is 2.57. The molecule has 0 aromatic rings. The summed E-state index contributed by atoms with van der Waals surface area (Å²) in [6.07, 6.45) is 0. The van der Waals surface area contributed by atoms with Crippen LogP contribution in [0.1, 0.15) is 20.8 Å². The molecule has 0 amide bonds. The molecule has 12 heavy (non-hydrogen) atoms. The number of hydrogen-bond acceptors (Lipinski definition) is 1. The first-order chi connectivity index (χ1) is 5.47. The minimum atomic E-state index is -0.989. The van der Waals surface area contributed by atoms with Gasteiger partial charge in [-0.05, 0) is 0 Å². The van der Waals surface area contributed by atoms with Crippen molar-refractivity contribution in [3.63, 3.8) is 0 Å². The maximum atomic E-state index is 13.3. The number of nitrogens with zero attached hydrogens (tertiary/aromatic N) is 1. The Bertz CT molecular complexity index is 177. The molecule has 2 aliphatic rings. The molecule has 72 valence electrons. The molecular weight excluding hydrogens is 268 g/mol. The molecule has 3 heteroatoms. The zero-order valence-corrected chi connectivity index (χ0v) is 10.1. The van der Waals surface area contributed by atoms with Crippen molar-refractivity contribution in [1.82, 2.24) is 4.90 Å². The van der Waals surface area contributed by atoms with E-state index < -0.39 is 25.5 Å². The Morgan fingerprint density at radius 3 is 2.67 bits per heavy atom. The molecule has 0 bridgehead atoms. The van der Waals surface area contributed by atoms with Gasteiger partial charge in [0.05, 0.1) is 0 Å². The zero-order chi connectivity index (χ0) is 8.93. The fourth-order valence-corrected chi connectivity index (χ4v) is 9.58. The normalized spacial score (nSPS) is 38.5. The summed E-state index contributed by atoms with van der Waals surface area (Å²) in [4.78, 5) is 2.34. The van der Waals surface area contributed by atoms with E-state index in [-0.39, 0.29) is 0 Å². The molecular formula is C9H17FIN. The van der Waals surface area contributed by atoms with Crippen molar-refractivity contribution in [3.05, 3.63) is 0 Å². The number of halogens is 2. The molecule has 1 nitrogen and oxygen atoms in total. The molecule has 0 aromatic heterocycles. The fourth-order valence-electron chi connectivity index (χ4n) is 1.96. The summed E-state index contributed by atoms with van der Waals surface area (Å²) in [7, 11) is 0. The molecule has 2 rings (SSSR count). The third-order valence-corrected chi connectivity index (χ3v) is 10.4. The molecule has 0 radical (unpaired) electrons. The molecule has 1 unspecified atom stereocenters. The van der Waals surface area contributed by atoms with Gasteiger partial charge in [-0.15, -0.1) is 0 Å². The second-order valence-corrected chi connectivity index (χ2v) is 11.2. The van der Waals surface area contributed by atoms with Crippen LogP contribution in [-0.4, -0.2) is 36.1 Å². The molecule has 2 fully saturated rings. The minimum absolute atomic E-state index is 0.526. The predicted octanol–water partition coefficient (Wildman–Crippen LogP) is 2.28. The van der Waals surface area contributed by atoms with Crippen LogP contribution in [0.5, 0.6) is 0 Å². The first kappa shape index (κ1) is 9.19. The Balaban J connectivity index is 1.80. The van der Waals surface area contributed by atoms with E-state index in [0.717, 1.165) is 7.85 Å². The van der Waals surface area contributed by atoms with Crippen molar-refractivity contribution in [2.45, 2.75) is 34.3 Å². The maximum absolute atomic E-state index is 13.3. The van der Waals surface area contributed by atoms with Gasteiger partial charge in [0.2, 0.25) is 0 Å². The van der Waals surface area contributed by atoms with Crippen molar-refractivity contribution in [2.75, 3.05) is 17.6 Å². The van der Waals surface area contributed by atoms with Gasteiger partial charge in [-0.2, -0.15) is 0 Å². The van der Waals surface area contributed by atoms with E-state index in [0.29, 0.717) is 6.54 Å². The summed E-state index contributed by atoms with van der Waals surface area (Å²) in [5, 5.41) is 0. The van der Waals surface area contributed by atoms with E-state index in [4.69, 9.17) is 0 Å². The SMILES string of the molecule is C[C@H]1C2CN(CC(C)(C)F)CI21. The molecule has 2 heterocycles. The van der Waals surface area contributed by atoms with Crippen LogP contribution < -0.4 is 0 Å². The average molecular weight is 285 g/mol. The van der Waals surface area contributed by atoms with Gasteiger partial charge in [-0.3, -0.25) is 0 Å². The molecule has 2 aliphatic heterocycles. The van der Waals surface area contributed by atoms with Gasteiger partial charge in [-0.25, -0.2) is 0 Å². The predicted molar refractivity (Wildman–Crippen MR) is 58.9 cm³/mol. The van der Waals surface area contributed by atoms with Crippen LogP contribution in [0, 0.1) is 0 Å². The molecule has 2 atom stereocenters. The number of fused-ring (bicyclic) bond motifs is 1. The van der Waals surface area contributed by atoms with E-state index in [2.05, 4.69) is 11.8 Å². The Labute approximate surface area is 81.1 Å². The number of alkyl halides is 4. The summed E-state index contributed by atoms with van der Waals surface area (Å²) in [6.45, 7) is 7.62. The van der Waals surface area contributed by atoms with Crippen molar-refractivity contribution in [3.8, 4) is 0 Å².